The average molecular weight is 423 g/mol. The lowest BCUT2D eigenvalue weighted by atomic mass is 10.1. The molecule has 1 aromatic heterocycles. The quantitative estimate of drug-likeness (QED) is 0.548. The zero-order chi connectivity index (χ0) is 20.9. The Balaban J connectivity index is 1.42. The number of benzene rings is 2. The fraction of sp³-hybridized carbons (Fsp3) is 0.348. The van der Waals surface area contributed by atoms with Gasteiger partial charge in [-0.05, 0) is 50.9 Å². The lowest BCUT2D eigenvalue weighted by Crippen LogP contribution is -2.28. The number of amides is 1. The Morgan fingerprint density at radius 3 is 2.70 bits per heavy atom. The highest BCUT2D eigenvalue weighted by molar-refractivity contribution is 7.71. The number of rotatable bonds is 7. The van der Waals surface area contributed by atoms with Gasteiger partial charge in [-0.2, -0.15) is 5.10 Å². The lowest BCUT2D eigenvalue weighted by Gasteiger charge is -2.17. The summed E-state index contributed by atoms with van der Waals surface area (Å²) >= 11 is 5.34. The molecular formula is C23H26N4O2S. The molecule has 6 nitrogen and oxygen atoms in total. The Morgan fingerprint density at radius 1 is 1.20 bits per heavy atom. The highest BCUT2D eigenvalue weighted by Crippen LogP contribution is 2.26. The van der Waals surface area contributed by atoms with Gasteiger partial charge in [0.2, 0.25) is 5.91 Å². The molecule has 0 radical (unpaired) electrons. The molecule has 30 heavy (non-hydrogen) atoms. The number of hydrogen-bond acceptors (Lipinski definition) is 4. The Bertz CT molecular complexity index is 1070. The standard InChI is InChI=1S/C23H26N4O2S/c1-16-10-12-17(13-11-16)22-25-26-23(30)27(22)15-21(28)24-14-18-6-2-5-9-20(18)29-19-7-3-4-8-19/h2,5-6,9-13,19H,3-4,7-8,14-15H2,1H3,(H,24,28)(H,26,30). The molecule has 156 valence electrons. The molecule has 2 N–H and O–H groups in total. The maximum Gasteiger partial charge on any atom is 0.240 e. The first-order valence-electron chi connectivity index (χ1n) is 10.3. The van der Waals surface area contributed by atoms with Crippen molar-refractivity contribution in [2.24, 2.45) is 0 Å². The molecular weight excluding hydrogens is 396 g/mol. The van der Waals surface area contributed by atoms with E-state index in [4.69, 9.17) is 17.0 Å². The minimum atomic E-state index is -0.128. The summed E-state index contributed by atoms with van der Waals surface area (Å²) in [5, 5.41) is 10.1. The van der Waals surface area contributed by atoms with Gasteiger partial charge in [-0.25, -0.2) is 0 Å². The smallest absolute Gasteiger partial charge is 0.240 e. The number of para-hydroxylation sites is 1. The SMILES string of the molecule is Cc1ccc(-c2n[nH]c(=S)n2CC(=O)NCc2ccccc2OC2CCCC2)cc1. The first-order chi connectivity index (χ1) is 14.6. The molecule has 3 aromatic rings. The minimum Gasteiger partial charge on any atom is -0.490 e. The van der Waals surface area contributed by atoms with E-state index in [1.807, 2.05) is 55.5 Å². The number of aromatic amines is 1. The van der Waals surface area contributed by atoms with Crippen LogP contribution in [0.5, 0.6) is 5.75 Å². The van der Waals surface area contributed by atoms with Crippen molar-refractivity contribution in [3.05, 3.63) is 64.4 Å². The fourth-order valence-corrected chi connectivity index (χ4v) is 3.93. The van der Waals surface area contributed by atoms with Crippen molar-refractivity contribution in [1.29, 1.82) is 0 Å². The number of aryl methyl sites for hydroxylation is 1. The van der Waals surface area contributed by atoms with Crippen LogP contribution >= 0.6 is 12.2 Å². The monoisotopic (exact) mass is 422 g/mol. The van der Waals surface area contributed by atoms with Crippen LogP contribution in [0.15, 0.2) is 48.5 Å². The van der Waals surface area contributed by atoms with Crippen molar-refractivity contribution in [3.63, 3.8) is 0 Å². The van der Waals surface area contributed by atoms with Crippen LogP contribution in [0.4, 0.5) is 0 Å². The second-order valence-corrected chi connectivity index (χ2v) is 8.10. The summed E-state index contributed by atoms with van der Waals surface area (Å²) in [6.07, 6.45) is 4.92. The number of nitrogens with zero attached hydrogens (tertiary/aromatic N) is 2. The second kappa shape index (κ2) is 9.26. The number of hydrogen-bond donors (Lipinski definition) is 2. The van der Waals surface area contributed by atoms with Crippen LogP contribution in [0.3, 0.4) is 0 Å². The number of aromatic nitrogens is 3. The Morgan fingerprint density at radius 2 is 1.93 bits per heavy atom. The molecule has 0 aliphatic heterocycles. The molecule has 7 heteroatoms. The molecule has 1 aliphatic carbocycles. The van der Waals surface area contributed by atoms with Crippen LogP contribution in [0, 0.1) is 11.7 Å². The summed E-state index contributed by atoms with van der Waals surface area (Å²) in [7, 11) is 0. The normalized spacial score (nSPS) is 14.0. The predicted octanol–water partition coefficient (Wildman–Crippen LogP) is 4.55. The molecule has 1 amide bonds. The molecule has 0 unspecified atom stereocenters. The van der Waals surface area contributed by atoms with Gasteiger partial charge in [-0.15, -0.1) is 0 Å². The molecule has 0 bridgehead atoms. The van der Waals surface area contributed by atoms with Crippen LogP contribution in [0.2, 0.25) is 0 Å². The number of carbonyl (C=O) groups is 1. The molecule has 2 aromatic carbocycles. The van der Waals surface area contributed by atoms with E-state index >= 15 is 0 Å². The van der Waals surface area contributed by atoms with E-state index in [1.54, 1.807) is 4.57 Å². The van der Waals surface area contributed by atoms with E-state index in [1.165, 1.54) is 12.8 Å². The molecule has 1 saturated carbocycles. The number of nitrogens with one attached hydrogen (secondary N) is 2. The van der Waals surface area contributed by atoms with E-state index < -0.39 is 0 Å². The van der Waals surface area contributed by atoms with E-state index in [0.717, 1.165) is 35.3 Å². The van der Waals surface area contributed by atoms with Gasteiger partial charge in [0.25, 0.3) is 0 Å². The molecule has 0 spiro atoms. The molecule has 0 saturated heterocycles. The Labute approximate surface area is 181 Å². The second-order valence-electron chi connectivity index (χ2n) is 7.71. The maximum absolute atomic E-state index is 12.7. The van der Waals surface area contributed by atoms with Crippen molar-refractivity contribution < 1.29 is 9.53 Å². The third kappa shape index (κ3) is 4.79. The molecule has 1 aliphatic rings. The zero-order valence-corrected chi connectivity index (χ0v) is 17.9. The highest BCUT2D eigenvalue weighted by Gasteiger charge is 2.18. The first-order valence-corrected chi connectivity index (χ1v) is 10.7. The predicted molar refractivity (Wildman–Crippen MR) is 119 cm³/mol. The average Bonchev–Trinajstić information content (AvgIpc) is 3.38. The van der Waals surface area contributed by atoms with Crippen molar-refractivity contribution in [1.82, 2.24) is 20.1 Å². The third-order valence-electron chi connectivity index (χ3n) is 5.41. The third-order valence-corrected chi connectivity index (χ3v) is 5.73. The van der Waals surface area contributed by atoms with Crippen LogP contribution in [-0.2, 0) is 17.9 Å². The molecule has 0 atom stereocenters. The summed E-state index contributed by atoms with van der Waals surface area (Å²) in [6.45, 7) is 2.54. The largest absolute Gasteiger partial charge is 0.490 e. The van der Waals surface area contributed by atoms with E-state index in [0.29, 0.717) is 17.1 Å². The van der Waals surface area contributed by atoms with E-state index in [9.17, 15) is 4.79 Å². The zero-order valence-electron chi connectivity index (χ0n) is 17.1. The number of H-pyrrole nitrogens is 1. The lowest BCUT2D eigenvalue weighted by molar-refractivity contribution is -0.121. The van der Waals surface area contributed by atoms with Gasteiger partial charge in [-0.1, -0.05) is 48.0 Å². The van der Waals surface area contributed by atoms with E-state index in [-0.39, 0.29) is 18.6 Å². The highest BCUT2D eigenvalue weighted by atomic mass is 32.1. The van der Waals surface area contributed by atoms with Gasteiger partial charge in [0.05, 0.1) is 6.10 Å². The molecule has 4 rings (SSSR count). The summed E-state index contributed by atoms with van der Waals surface area (Å²) in [5.41, 5.74) is 3.05. The first kappa shape index (κ1) is 20.3. The van der Waals surface area contributed by atoms with Crippen molar-refractivity contribution in [2.45, 2.75) is 51.8 Å². The van der Waals surface area contributed by atoms with Gasteiger partial charge >= 0.3 is 0 Å². The number of ether oxygens (including phenoxy) is 1. The Hall–Kier alpha value is -2.93. The van der Waals surface area contributed by atoms with Crippen molar-refractivity contribution >= 4 is 18.1 Å². The van der Waals surface area contributed by atoms with Gasteiger partial charge in [0, 0.05) is 17.7 Å². The maximum atomic E-state index is 12.7. The van der Waals surface area contributed by atoms with Gasteiger partial charge in [0.1, 0.15) is 12.3 Å². The van der Waals surface area contributed by atoms with Crippen LogP contribution in [-0.4, -0.2) is 26.8 Å². The summed E-state index contributed by atoms with van der Waals surface area (Å²) < 4.78 is 8.30. The van der Waals surface area contributed by atoms with Crippen molar-refractivity contribution in [2.75, 3.05) is 0 Å². The summed E-state index contributed by atoms with van der Waals surface area (Å²) in [5.74, 6) is 1.38. The van der Waals surface area contributed by atoms with Gasteiger partial charge < -0.3 is 10.1 Å². The summed E-state index contributed by atoms with van der Waals surface area (Å²) in [4.78, 5) is 12.7. The van der Waals surface area contributed by atoms with E-state index in [2.05, 4.69) is 15.5 Å². The molecule has 1 heterocycles. The van der Waals surface area contributed by atoms with Crippen LogP contribution in [0.25, 0.3) is 11.4 Å². The van der Waals surface area contributed by atoms with Gasteiger partial charge in [-0.3, -0.25) is 14.5 Å². The van der Waals surface area contributed by atoms with Crippen LogP contribution in [0.1, 0.15) is 36.8 Å². The topological polar surface area (TPSA) is 71.9 Å². The Kier molecular flexibility index (Phi) is 6.28. The number of carbonyl (C=O) groups excluding carboxylic acids is 1. The van der Waals surface area contributed by atoms with Crippen molar-refractivity contribution in [3.8, 4) is 17.1 Å². The van der Waals surface area contributed by atoms with Gasteiger partial charge in [0.15, 0.2) is 10.6 Å². The molecule has 1 fully saturated rings. The fourth-order valence-electron chi connectivity index (χ4n) is 3.73. The van der Waals surface area contributed by atoms with Crippen LogP contribution < -0.4 is 10.1 Å². The summed E-state index contributed by atoms with van der Waals surface area (Å²) in [6, 6.07) is 15.9. The minimum absolute atomic E-state index is 0.101.